The number of aromatic nitrogens is 1. The number of anilines is 1. The molecule has 1 aromatic carbocycles. The molecule has 2 aromatic rings. The summed E-state index contributed by atoms with van der Waals surface area (Å²) in [5.41, 5.74) is 5.73. The SMILES string of the molecule is CC1(C)CCC(C)(C)c2cc(-c3csc(N4CCC(NC5CCC(O)C5O)CC4)n3)ccc21. The second-order valence-electron chi connectivity index (χ2n) is 11.7. The first-order valence-corrected chi connectivity index (χ1v) is 13.5. The van der Waals surface area contributed by atoms with Crippen LogP contribution in [0.15, 0.2) is 23.6 Å². The fraction of sp³-hybridized carbons (Fsp3) is 0.667. The number of piperidine rings is 1. The van der Waals surface area contributed by atoms with Gasteiger partial charge < -0.3 is 20.4 Å². The lowest BCUT2D eigenvalue weighted by Crippen LogP contribution is -2.49. The number of hydrogen-bond donors (Lipinski definition) is 3. The van der Waals surface area contributed by atoms with Crippen molar-refractivity contribution in [3.63, 3.8) is 0 Å². The predicted molar refractivity (Wildman–Crippen MR) is 136 cm³/mol. The van der Waals surface area contributed by atoms with Crippen molar-refractivity contribution < 1.29 is 10.2 Å². The minimum Gasteiger partial charge on any atom is -0.390 e. The summed E-state index contributed by atoms with van der Waals surface area (Å²) in [6.45, 7) is 11.4. The van der Waals surface area contributed by atoms with E-state index in [2.05, 4.69) is 61.5 Å². The Morgan fingerprint density at radius 3 is 2.33 bits per heavy atom. The first kappa shape index (κ1) is 23.3. The minimum atomic E-state index is -0.628. The van der Waals surface area contributed by atoms with E-state index in [1.165, 1.54) is 29.5 Å². The molecule has 0 bridgehead atoms. The predicted octanol–water partition coefficient (Wildman–Crippen LogP) is 4.60. The van der Waals surface area contributed by atoms with Crippen molar-refractivity contribution in [3.8, 4) is 11.3 Å². The maximum atomic E-state index is 10.1. The second kappa shape index (κ2) is 8.63. The highest BCUT2D eigenvalue weighted by Gasteiger charge is 2.37. The molecule has 0 amide bonds. The second-order valence-corrected chi connectivity index (χ2v) is 12.5. The van der Waals surface area contributed by atoms with Gasteiger partial charge in [-0.2, -0.15) is 0 Å². The molecule has 0 spiro atoms. The smallest absolute Gasteiger partial charge is 0.185 e. The molecule has 3 aliphatic rings. The zero-order valence-electron chi connectivity index (χ0n) is 20.5. The van der Waals surface area contributed by atoms with E-state index in [1.54, 1.807) is 11.3 Å². The first-order valence-electron chi connectivity index (χ1n) is 12.6. The Kier molecular flexibility index (Phi) is 6.09. The molecule has 1 aromatic heterocycles. The molecule has 3 atom stereocenters. The van der Waals surface area contributed by atoms with Crippen LogP contribution in [0.4, 0.5) is 5.13 Å². The minimum absolute atomic E-state index is 0.0289. The van der Waals surface area contributed by atoms with Gasteiger partial charge in [0.1, 0.15) is 0 Å². The maximum absolute atomic E-state index is 10.1. The van der Waals surface area contributed by atoms with E-state index < -0.39 is 12.2 Å². The van der Waals surface area contributed by atoms with Gasteiger partial charge >= 0.3 is 0 Å². The van der Waals surface area contributed by atoms with Gasteiger partial charge in [0.05, 0.1) is 17.9 Å². The highest BCUT2D eigenvalue weighted by Crippen LogP contribution is 2.47. The molecule has 5 nitrogen and oxygen atoms in total. The number of benzene rings is 1. The molecule has 5 rings (SSSR count). The zero-order chi connectivity index (χ0) is 23.4. The summed E-state index contributed by atoms with van der Waals surface area (Å²) >= 11 is 1.74. The van der Waals surface area contributed by atoms with Gasteiger partial charge in [-0.15, -0.1) is 11.3 Å². The van der Waals surface area contributed by atoms with Crippen LogP contribution in [-0.4, -0.2) is 52.6 Å². The van der Waals surface area contributed by atoms with E-state index in [9.17, 15) is 10.2 Å². The van der Waals surface area contributed by atoms with E-state index in [4.69, 9.17) is 4.98 Å². The number of hydrogen-bond acceptors (Lipinski definition) is 6. The van der Waals surface area contributed by atoms with Crippen LogP contribution < -0.4 is 10.2 Å². The van der Waals surface area contributed by atoms with Crippen LogP contribution in [0.2, 0.25) is 0 Å². The van der Waals surface area contributed by atoms with Gasteiger partial charge in [-0.1, -0.05) is 39.8 Å². The van der Waals surface area contributed by atoms with Crippen LogP contribution in [0.5, 0.6) is 0 Å². The molecule has 6 heteroatoms. The lowest BCUT2D eigenvalue weighted by atomic mass is 9.63. The summed E-state index contributed by atoms with van der Waals surface area (Å²) in [5.74, 6) is 0. The van der Waals surface area contributed by atoms with Crippen LogP contribution in [0.3, 0.4) is 0 Å². The highest BCUT2D eigenvalue weighted by atomic mass is 32.1. The van der Waals surface area contributed by atoms with Gasteiger partial charge in [-0.3, -0.25) is 0 Å². The average molecular weight is 470 g/mol. The summed E-state index contributed by atoms with van der Waals surface area (Å²) < 4.78 is 0. The number of fused-ring (bicyclic) bond motifs is 1. The van der Waals surface area contributed by atoms with Crippen molar-refractivity contribution in [2.75, 3.05) is 18.0 Å². The fourth-order valence-corrected chi connectivity index (χ4v) is 6.86. The number of rotatable bonds is 4. The third kappa shape index (κ3) is 4.47. The quantitative estimate of drug-likeness (QED) is 0.611. The number of aliphatic hydroxyl groups excluding tert-OH is 2. The Labute approximate surface area is 202 Å². The molecule has 2 fully saturated rings. The molecule has 2 aliphatic carbocycles. The van der Waals surface area contributed by atoms with Crippen molar-refractivity contribution in [3.05, 3.63) is 34.7 Å². The molecule has 2 heterocycles. The summed E-state index contributed by atoms with van der Waals surface area (Å²) in [4.78, 5) is 7.44. The number of aliphatic hydroxyl groups is 2. The van der Waals surface area contributed by atoms with E-state index in [0.29, 0.717) is 12.5 Å². The van der Waals surface area contributed by atoms with Crippen LogP contribution >= 0.6 is 11.3 Å². The van der Waals surface area contributed by atoms with Crippen molar-refractivity contribution >= 4 is 16.5 Å². The normalized spacial score (nSPS) is 29.3. The third-order valence-corrected chi connectivity index (χ3v) is 9.34. The van der Waals surface area contributed by atoms with Crippen LogP contribution in [0.25, 0.3) is 11.3 Å². The number of nitrogens with zero attached hydrogens (tertiary/aromatic N) is 2. The third-order valence-electron chi connectivity index (χ3n) is 8.44. The molecular weight excluding hydrogens is 430 g/mol. The van der Waals surface area contributed by atoms with E-state index in [0.717, 1.165) is 43.2 Å². The molecule has 0 radical (unpaired) electrons. The Hall–Kier alpha value is -1.47. The van der Waals surface area contributed by atoms with Crippen LogP contribution in [0, 0.1) is 0 Å². The topological polar surface area (TPSA) is 68.6 Å². The molecule has 3 N–H and O–H groups in total. The lowest BCUT2D eigenvalue weighted by Gasteiger charge is -2.42. The lowest BCUT2D eigenvalue weighted by molar-refractivity contribution is 0.0276. The van der Waals surface area contributed by atoms with E-state index in [1.807, 2.05) is 0 Å². The monoisotopic (exact) mass is 469 g/mol. The van der Waals surface area contributed by atoms with Gasteiger partial charge in [0, 0.05) is 36.1 Å². The summed E-state index contributed by atoms with van der Waals surface area (Å²) in [7, 11) is 0. The van der Waals surface area contributed by atoms with Gasteiger partial charge in [-0.05, 0) is 66.5 Å². The van der Waals surface area contributed by atoms with Gasteiger partial charge in [0.2, 0.25) is 0 Å². The fourth-order valence-electron chi connectivity index (χ4n) is 5.97. The average Bonchev–Trinajstić information content (AvgIpc) is 3.40. The van der Waals surface area contributed by atoms with Crippen molar-refractivity contribution in [2.24, 2.45) is 0 Å². The Balaban J connectivity index is 1.26. The highest BCUT2D eigenvalue weighted by molar-refractivity contribution is 7.14. The molecule has 1 saturated heterocycles. The molecule has 180 valence electrons. The maximum Gasteiger partial charge on any atom is 0.185 e. The van der Waals surface area contributed by atoms with Crippen molar-refractivity contribution in [2.45, 2.75) is 101 Å². The van der Waals surface area contributed by atoms with Crippen LogP contribution in [0.1, 0.15) is 77.3 Å². The first-order chi connectivity index (χ1) is 15.6. The summed E-state index contributed by atoms with van der Waals surface area (Å²) in [5, 5.41) is 26.8. The summed E-state index contributed by atoms with van der Waals surface area (Å²) in [6, 6.07) is 7.43. The van der Waals surface area contributed by atoms with E-state index in [-0.39, 0.29) is 16.9 Å². The van der Waals surface area contributed by atoms with E-state index >= 15 is 0 Å². The largest absolute Gasteiger partial charge is 0.390 e. The molecule has 3 unspecified atom stereocenters. The summed E-state index contributed by atoms with van der Waals surface area (Å²) in [6.07, 6.45) is 4.88. The van der Waals surface area contributed by atoms with Crippen molar-refractivity contribution in [1.82, 2.24) is 10.3 Å². The number of thiazole rings is 1. The Morgan fingerprint density at radius 1 is 0.970 bits per heavy atom. The molecule has 1 aliphatic heterocycles. The van der Waals surface area contributed by atoms with Gasteiger partial charge in [0.25, 0.3) is 0 Å². The number of nitrogens with one attached hydrogen (secondary N) is 1. The van der Waals surface area contributed by atoms with Crippen molar-refractivity contribution in [1.29, 1.82) is 0 Å². The van der Waals surface area contributed by atoms with Gasteiger partial charge in [0.15, 0.2) is 5.13 Å². The Morgan fingerprint density at radius 2 is 1.67 bits per heavy atom. The van der Waals surface area contributed by atoms with Gasteiger partial charge in [-0.25, -0.2) is 4.98 Å². The molecule has 33 heavy (non-hydrogen) atoms. The van der Waals surface area contributed by atoms with Crippen LogP contribution in [-0.2, 0) is 10.8 Å². The standard InChI is InChI=1S/C27H39N3O2S/c1-26(2)11-12-27(3,4)20-15-17(5-6-19(20)26)22-16-33-25(29-22)30-13-9-18(10-14-30)28-21-7-8-23(31)24(21)32/h5-6,15-16,18,21,23-24,28,31-32H,7-14H2,1-4H3. The zero-order valence-corrected chi connectivity index (χ0v) is 21.3. The Bertz CT molecular complexity index is 993. The molecule has 1 saturated carbocycles. The molecular formula is C27H39N3O2S.